The summed E-state index contributed by atoms with van der Waals surface area (Å²) in [7, 11) is 0. The Bertz CT molecular complexity index is 1300. The largest absolute Gasteiger partial charge is 0.352 e. The van der Waals surface area contributed by atoms with Gasteiger partial charge in [-0.05, 0) is 36.8 Å². The molecule has 1 saturated heterocycles. The van der Waals surface area contributed by atoms with E-state index in [9.17, 15) is 4.79 Å². The highest BCUT2D eigenvalue weighted by Crippen LogP contribution is 2.27. The molecular formula is C25H26ClN7O. The molecule has 2 aromatic carbocycles. The van der Waals surface area contributed by atoms with E-state index < -0.39 is 0 Å². The van der Waals surface area contributed by atoms with Crippen LogP contribution in [0.5, 0.6) is 0 Å². The number of nitrogens with one attached hydrogen (secondary N) is 1. The zero-order valence-electron chi connectivity index (χ0n) is 19.0. The lowest BCUT2D eigenvalue weighted by Crippen LogP contribution is -2.50. The van der Waals surface area contributed by atoms with Gasteiger partial charge in [0.05, 0.1) is 17.3 Å². The van der Waals surface area contributed by atoms with Gasteiger partial charge in [-0.15, -0.1) is 0 Å². The fourth-order valence-corrected chi connectivity index (χ4v) is 4.35. The second kappa shape index (κ2) is 9.69. The Kier molecular flexibility index (Phi) is 6.31. The Morgan fingerprint density at radius 1 is 1.03 bits per heavy atom. The fourth-order valence-electron chi connectivity index (χ4n) is 4.16. The van der Waals surface area contributed by atoms with Gasteiger partial charge >= 0.3 is 6.03 Å². The van der Waals surface area contributed by atoms with Crippen molar-refractivity contribution in [1.29, 1.82) is 0 Å². The van der Waals surface area contributed by atoms with Gasteiger partial charge in [0.25, 0.3) is 0 Å². The van der Waals surface area contributed by atoms with E-state index in [1.807, 2.05) is 58.2 Å². The standard InChI is InChI=1S/C25H26ClN7O/c1-2-7-22-29-23(21-17-27-33(24(21)30-22)20-10-4-3-5-11-20)31-12-14-32(15-13-31)25(34)28-19-9-6-8-18(26)16-19/h3-6,8-11,16-17H,2,7,12-15H2,1H3,(H,28,34). The van der Waals surface area contributed by atoms with Gasteiger partial charge in [-0.2, -0.15) is 5.10 Å². The molecule has 2 amide bonds. The quantitative estimate of drug-likeness (QED) is 0.449. The minimum Gasteiger partial charge on any atom is -0.352 e. The number of aromatic nitrogens is 4. The number of urea groups is 1. The van der Waals surface area contributed by atoms with Gasteiger partial charge in [-0.1, -0.05) is 42.8 Å². The number of halogens is 1. The topological polar surface area (TPSA) is 79.2 Å². The van der Waals surface area contributed by atoms with Crippen LogP contribution in [0.4, 0.5) is 16.3 Å². The summed E-state index contributed by atoms with van der Waals surface area (Å²) in [6, 6.07) is 17.1. The van der Waals surface area contributed by atoms with E-state index in [1.54, 1.807) is 12.1 Å². The van der Waals surface area contributed by atoms with Crippen LogP contribution >= 0.6 is 11.6 Å². The van der Waals surface area contributed by atoms with E-state index in [2.05, 4.69) is 22.2 Å². The molecule has 0 aliphatic carbocycles. The van der Waals surface area contributed by atoms with Crippen molar-refractivity contribution in [2.45, 2.75) is 19.8 Å². The second-order valence-corrected chi connectivity index (χ2v) is 8.69. The van der Waals surface area contributed by atoms with E-state index in [0.29, 0.717) is 36.9 Å². The third kappa shape index (κ3) is 4.54. The third-order valence-corrected chi connectivity index (χ3v) is 6.11. The molecule has 0 bridgehead atoms. The number of rotatable bonds is 5. The Labute approximate surface area is 203 Å². The first-order chi connectivity index (χ1) is 16.6. The summed E-state index contributed by atoms with van der Waals surface area (Å²) in [5.74, 6) is 1.69. The number of nitrogens with zero attached hydrogens (tertiary/aromatic N) is 6. The fraction of sp³-hybridized carbons (Fsp3) is 0.280. The van der Waals surface area contributed by atoms with Gasteiger partial charge in [0.1, 0.15) is 11.6 Å². The van der Waals surface area contributed by atoms with Gasteiger partial charge in [-0.3, -0.25) is 0 Å². The van der Waals surface area contributed by atoms with Crippen LogP contribution in [0.2, 0.25) is 5.02 Å². The van der Waals surface area contributed by atoms with Crippen molar-refractivity contribution in [2.24, 2.45) is 0 Å². The Balaban J connectivity index is 1.37. The van der Waals surface area contributed by atoms with Crippen molar-refractivity contribution in [1.82, 2.24) is 24.6 Å². The maximum absolute atomic E-state index is 12.7. The summed E-state index contributed by atoms with van der Waals surface area (Å²) in [6.45, 7) is 4.66. The summed E-state index contributed by atoms with van der Waals surface area (Å²) in [5.41, 5.74) is 2.46. The molecule has 0 atom stereocenters. The summed E-state index contributed by atoms with van der Waals surface area (Å²) in [5, 5.41) is 9.06. The lowest BCUT2D eigenvalue weighted by Gasteiger charge is -2.35. The zero-order chi connectivity index (χ0) is 23.5. The van der Waals surface area contributed by atoms with Crippen LogP contribution in [-0.2, 0) is 6.42 Å². The third-order valence-electron chi connectivity index (χ3n) is 5.87. The summed E-state index contributed by atoms with van der Waals surface area (Å²) < 4.78 is 1.87. The number of carbonyl (C=O) groups is 1. The van der Waals surface area contributed by atoms with Crippen molar-refractivity contribution in [2.75, 3.05) is 36.4 Å². The molecule has 0 radical (unpaired) electrons. The predicted molar refractivity (Wildman–Crippen MR) is 135 cm³/mol. The molecule has 1 aliphatic rings. The number of hydrogen-bond acceptors (Lipinski definition) is 5. The van der Waals surface area contributed by atoms with Crippen LogP contribution < -0.4 is 10.2 Å². The SMILES string of the molecule is CCCc1nc(N2CCN(C(=O)Nc3cccc(Cl)c3)CC2)c2cnn(-c3ccccc3)c2n1. The van der Waals surface area contributed by atoms with Gasteiger partial charge in [0.15, 0.2) is 5.65 Å². The van der Waals surface area contributed by atoms with Gasteiger partial charge in [0.2, 0.25) is 0 Å². The second-order valence-electron chi connectivity index (χ2n) is 8.26. The van der Waals surface area contributed by atoms with Crippen molar-refractivity contribution in [3.05, 3.63) is 71.6 Å². The molecule has 1 aliphatic heterocycles. The van der Waals surface area contributed by atoms with Crippen LogP contribution in [0.25, 0.3) is 16.7 Å². The smallest absolute Gasteiger partial charge is 0.321 e. The molecule has 0 unspecified atom stereocenters. The predicted octanol–water partition coefficient (Wildman–Crippen LogP) is 4.78. The number of aryl methyl sites for hydroxylation is 1. The molecule has 3 heterocycles. The first-order valence-corrected chi connectivity index (χ1v) is 11.9. The van der Waals surface area contributed by atoms with Gasteiger partial charge < -0.3 is 15.1 Å². The lowest BCUT2D eigenvalue weighted by atomic mass is 10.2. The number of benzene rings is 2. The zero-order valence-corrected chi connectivity index (χ0v) is 19.7. The van der Waals surface area contributed by atoms with E-state index in [0.717, 1.165) is 41.2 Å². The van der Waals surface area contributed by atoms with Crippen LogP contribution in [0.15, 0.2) is 60.8 Å². The van der Waals surface area contributed by atoms with Crippen LogP contribution in [0, 0.1) is 0 Å². The number of piperazine rings is 1. The molecule has 9 heteroatoms. The molecule has 0 spiro atoms. The van der Waals surface area contributed by atoms with Crippen molar-refractivity contribution < 1.29 is 4.79 Å². The minimum atomic E-state index is -0.127. The van der Waals surface area contributed by atoms with Crippen molar-refractivity contribution in [3.63, 3.8) is 0 Å². The molecule has 34 heavy (non-hydrogen) atoms. The normalized spacial score (nSPS) is 13.9. The molecule has 2 aromatic heterocycles. The van der Waals surface area contributed by atoms with Crippen LogP contribution in [0.3, 0.4) is 0 Å². The molecule has 1 fully saturated rings. The number of carbonyl (C=O) groups excluding carboxylic acids is 1. The summed E-state index contributed by atoms with van der Waals surface area (Å²) in [6.07, 6.45) is 3.60. The first kappa shape index (κ1) is 22.2. The maximum atomic E-state index is 12.7. The average molecular weight is 476 g/mol. The van der Waals surface area contributed by atoms with Crippen molar-refractivity contribution >= 4 is 40.2 Å². The lowest BCUT2D eigenvalue weighted by molar-refractivity contribution is 0.208. The molecule has 8 nitrogen and oxygen atoms in total. The van der Waals surface area contributed by atoms with Gasteiger partial charge in [-0.25, -0.2) is 19.4 Å². The van der Waals surface area contributed by atoms with Crippen molar-refractivity contribution in [3.8, 4) is 5.69 Å². The number of amides is 2. The van der Waals surface area contributed by atoms with E-state index >= 15 is 0 Å². The van der Waals surface area contributed by atoms with Crippen LogP contribution in [-0.4, -0.2) is 56.9 Å². The highest BCUT2D eigenvalue weighted by molar-refractivity contribution is 6.30. The average Bonchev–Trinajstić information content (AvgIpc) is 3.28. The molecule has 1 N–H and O–H groups in total. The Morgan fingerprint density at radius 3 is 2.56 bits per heavy atom. The number of hydrogen-bond donors (Lipinski definition) is 1. The molecule has 5 rings (SSSR count). The highest BCUT2D eigenvalue weighted by Gasteiger charge is 2.25. The molecule has 174 valence electrons. The molecular weight excluding hydrogens is 450 g/mol. The molecule has 4 aromatic rings. The Hall–Kier alpha value is -3.65. The number of anilines is 2. The van der Waals surface area contributed by atoms with Crippen LogP contribution in [0.1, 0.15) is 19.2 Å². The van der Waals surface area contributed by atoms with Gasteiger partial charge in [0, 0.05) is 43.3 Å². The van der Waals surface area contributed by atoms with E-state index in [4.69, 9.17) is 21.6 Å². The number of fused-ring (bicyclic) bond motifs is 1. The highest BCUT2D eigenvalue weighted by atomic mass is 35.5. The van der Waals surface area contributed by atoms with E-state index in [-0.39, 0.29) is 6.03 Å². The monoisotopic (exact) mass is 475 g/mol. The first-order valence-electron chi connectivity index (χ1n) is 11.5. The Morgan fingerprint density at radius 2 is 1.82 bits per heavy atom. The summed E-state index contributed by atoms with van der Waals surface area (Å²) in [4.78, 5) is 26.5. The number of para-hydroxylation sites is 1. The maximum Gasteiger partial charge on any atom is 0.321 e. The minimum absolute atomic E-state index is 0.127. The van der Waals surface area contributed by atoms with E-state index in [1.165, 1.54) is 0 Å². The summed E-state index contributed by atoms with van der Waals surface area (Å²) >= 11 is 6.03. The molecule has 0 saturated carbocycles.